The van der Waals surface area contributed by atoms with Crippen LogP contribution in [0.4, 0.5) is 5.82 Å². The molecule has 0 radical (unpaired) electrons. The highest BCUT2D eigenvalue weighted by Gasteiger charge is 2.23. The molecule has 0 spiro atoms. The number of piperidine rings is 1. The molecule has 30 heavy (non-hydrogen) atoms. The maximum absolute atomic E-state index is 11.5. The Morgan fingerprint density at radius 1 is 1.30 bits per heavy atom. The number of aliphatic imine (C=N–C) groups is 1. The summed E-state index contributed by atoms with van der Waals surface area (Å²) >= 11 is 0. The lowest BCUT2D eigenvalue weighted by Crippen LogP contribution is -2.49. The highest BCUT2D eigenvalue weighted by Crippen LogP contribution is 2.22. The van der Waals surface area contributed by atoms with E-state index in [4.69, 9.17) is 4.99 Å². The Balaban J connectivity index is 0.00000450. The smallest absolute Gasteiger partial charge is 0.191 e. The minimum absolute atomic E-state index is 0. The fourth-order valence-corrected chi connectivity index (χ4v) is 4.23. The van der Waals surface area contributed by atoms with Gasteiger partial charge in [0.1, 0.15) is 15.7 Å². The molecular formula is C21H38IN5O2S. The number of aromatic nitrogens is 1. The highest BCUT2D eigenvalue weighted by molar-refractivity contribution is 14.0. The van der Waals surface area contributed by atoms with Crippen LogP contribution in [0.1, 0.15) is 45.7 Å². The number of nitrogens with zero attached hydrogens (tertiary/aromatic N) is 3. The largest absolute Gasteiger partial charge is 0.357 e. The number of nitrogens with one attached hydrogen (secondary N) is 2. The third-order valence-electron chi connectivity index (χ3n) is 5.19. The molecule has 7 nitrogen and oxygen atoms in total. The second kappa shape index (κ2) is 12.1. The summed E-state index contributed by atoms with van der Waals surface area (Å²) in [6.07, 6.45) is 3.95. The molecule has 2 heterocycles. The Morgan fingerprint density at radius 3 is 2.53 bits per heavy atom. The standard InChI is InChI=1S/C21H37N5O2S.HI/c1-6-22-20(23-16-21(3,4)12-15-29(5,27)28)25-18-10-13-26(14-11-18)19-9-7-8-17(2)24-19;/h7-9,18H,6,10-16H2,1-5H3,(H2,22,23,25);1H. The molecule has 172 valence electrons. The molecule has 0 atom stereocenters. The van der Waals surface area contributed by atoms with Gasteiger partial charge in [-0.2, -0.15) is 0 Å². The Morgan fingerprint density at radius 2 is 1.97 bits per heavy atom. The summed E-state index contributed by atoms with van der Waals surface area (Å²) in [6.45, 7) is 11.5. The van der Waals surface area contributed by atoms with Crippen LogP contribution in [0, 0.1) is 12.3 Å². The number of anilines is 1. The maximum atomic E-state index is 11.5. The van der Waals surface area contributed by atoms with Crippen LogP contribution in [0.5, 0.6) is 0 Å². The summed E-state index contributed by atoms with van der Waals surface area (Å²) in [5.74, 6) is 2.06. The van der Waals surface area contributed by atoms with E-state index in [2.05, 4.69) is 53.4 Å². The van der Waals surface area contributed by atoms with E-state index in [1.54, 1.807) is 0 Å². The van der Waals surface area contributed by atoms with Crippen LogP contribution in [0.15, 0.2) is 23.2 Å². The third kappa shape index (κ3) is 9.80. The molecule has 2 rings (SSSR count). The van der Waals surface area contributed by atoms with Crippen molar-refractivity contribution in [1.29, 1.82) is 0 Å². The number of sulfone groups is 1. The van der Waals surface area contributed by atoms with Gasteiger partial charge in [-0.25, -0.2) is 13.4 Å². The van der Waals surface area contributed by atoms with Gasteiger partial charge in [-0.15, -0.1) is 24.0 Å². The van der Waals surface area contributed by atoms with Gasteiger partial charge in [0, 0.05) is 44.2 Å². The molecule has 9 heteroatoms. The zero-order valence-corrected chi connectivity index (χ0v) is 22.1. The molecule has 1 fully saturated rings. The summed E-state index contributed by atoms with van der Waals surface area (Å²) < 4.78 is 22.9. The molecule has 0 unspecified atom stereocenters. The fourth-order valence-electron chi connectivity index (χ4n) is 3.30. The number of hydrogen-bond acceptors (Lipinski definition) is 5. The first-order valence-electron chi connectivity index (χ1n) is 10.5. The van der Waals surface area contributed by atoms with Crippen molar-refractivity contribution in [3.8, 4) is 0 Å². The Bertz CT molecular complexity index is 790. The van der Waals surface area contributed by atoms with E-state index in [1.165, 1.54) is 6.26 Å². The fraction of sp³-hybridized carbons (Fsp3) is 0.714. The van der Waals surface area contributed by atoms with E-state index in [1.807, 2.05) is 13.0 Å². The molecule has 2 N–H and O–H groups in total. The maximum Gasteiger partial charge on any atom is 0.191 e. The SMILES string of the molecule is CCNC(=NCC(C)(C)CCS(C)(=O)=O)NC1CCN(c2cccc(C)n2)CC1.I. The molecule has 1 saturated heterocycles. The Kier molecular flexibility index (Phi) is 10.8. The summed E-state index contributed by atoms with van der Waals surface area (Å²) in [5.41, 5.74) is 0.883. The monoisotopic (exact) mass is 551 g/mol. The van der Waals surface area contributed by atoms with E-state index in [0.717, 1.165) is 49.9 Å². The summed E-state index contributed by atoms with van der Waals surface area (Å²) in [6, 6.07) is 6.52. The molecule has 0 bridgehead atoms. The van der Waals surface area contributed by atoms with Crippen molar-refractivity contribution in [2.45, 2.75) is 53.0 Å². The van der Waals surface area contributed by atoms with Gasteiger partial charge >= 0.3 is 0 Å². The van der Waals surface area contributed by atoms with E-state index < -0.39 is 9.84 Å². The van der Waals surface area contributed by atoms with Crippen molar-refractivity contribution in [3.05, 3.63) is 23.9 Å². The van der Waals surface area contributed by atoms with Crippen molar-refractivity contribution in [2.75, 3.05) is 43.1 Å². The normalized spacial score (nSPS) is 16.2. The predicted molar refractivity (Wildman–Crippen MR) is 137 cm³/mol. The van der Waals surface area contributed by atoms with Crippen molar-refractivity contribution in [3.63, 3.8) is 0 Å². The molecule has 1 aromatic heterocycles. The molecule has 1 aliphatic rings. The molecule has 0 amide bonds. The molecule has 0 aliphatic carbocycles. The van der Waals surface area contributed by atoms with Gasteiger partial charge in [0.25, 0.3) is 0 Å². The number of hydrogen-bond donors (Lipinski definition) is 2. The van der Waals surface area contributed by atoms with Gasteiger partial charge in [0.05, 0.1) is 5.75 Å². The topological polar surface area (TPSA) is 86.7 Å². The number of guanidine groups is 1. The van der Waals surface area contributed by atoms with E-state index >= 15 is 0 Å². The van der Waals surface area contributed by atoms with Crippen LogP contribution in [-0.4, -0.2) is 63.6 Å². The van der Waals surface area contributed by atoms with Gasteiger partial charge in [-0.3, -0.25) is 4.99 Å². The second-order valence-electron chi connectivity index (χ2n) is 8.78. The van der Waals surface area contributed by atoms with Crippen LogP contribution < -0.4 is 15.5 Å². The number of aryl methyl sites for hydroxylation is 1. The first kappa shape index (κ1) is 26.9. The minimum atomic E-state index is -2.95. The first-order chi connectivity index (χ1) is 13.6. The minimum Gasteiger partial charge on any atom is -0.357 e. The van der Waals surface area contributed by atoms with Crippen molar-refractivity contribution in [1.82, 2.24) is 15.6 Å². The third-order valence-corrected chi connectivity index (χ3v) is 6.14. The molecule has 0 aromatic carbocycles. The van der Waals surface area contributed by atoms with Crippen LogP contribution in [-0.2, 0) is 9.84 Å². The zero-order valence-electron chi connectivity index (χ0n) is 18.9. The molecule has 0 saturated carbocycles. The molecule has 1 aliphatic heterocycles. The number of halogens is 1. The highest BCUT2D eigenvalue weighted by atomic mass is 127. The van der Waals surface area contributed by atoms with Crippen molar-refractivity contribution < 1.29 is 8.42 Å². The predicted octanol–water partition coefficient (Wildman–Crippen LogP) is 2.99. The number of rotatable bonds is 8. The van der Waals surface area contributed by atoms with Gasteiger partial charge in [0.2, 0.25) is 0 Å². The molecule has 1 aromatic rings. The summed E-state index contributed by atoms with van der Waals surface area (Å²) in [5, 5.41) is 6.88. The Labute approximate surface area is 199 Å². The molecular weight excluding hydrogens is 513 g/mol. The second-order valence-corrected chi connectivity index (χ2v) is 11.0. The summed E-state index contributed by atoms with van der Waals surface area (Å²) in [4.78, 5) is 11.7. The van der Waals surface area contributed by atoms with Gasteiger partial charge < -0.3 is 15.5 Å². The van der Waals surface area contributed by atoms with E-state index in [0.29, 0.717) is 19.0 Å². The van der Waals surface area contributed by atoms with Crippen LogP contribution in [0.3, 0.4) is 0 Å². The first-order valence-corrected chi connectivity index (χ1v) is 12.6. The summed E-state index contributed by atoms with van der Waals surface area (Å²) in [7, 11) is -2.95. The van der Waals surface area contributed by atoms with Gasteiger partial charge in [-0.05, 0) is 50.7 Å². The lowest BCUT2D eigenvalue weighted by molar-refractivity contribution is 0.364. The lowest BCUT2D eigenvalue weighted by atomic mass is 9.90. The Hall–Kier alpha value is -1.10. The number of pyridine rings is 1. The lowest BCUT2D eigenvalue weighted by Gasteiger charge is -2.34. The zero-order chi connectivity index (χ0) is 21.5. The van der Waals surface area contributed by atoms with E-state index in [9.17, 15) is 8.42 Å². The van der Waals surface area contributed by atoms with E-state index in [-0.39, 0.29) is 35.1 Å². The van der Waals surface area contributed by atoms with Crippen LogP contribution >= 0.6 is 24.0 Å². The average molecular weight is 552 g/mol. The van der Waals surface area contributed by atoms with Crippen LogP contribution in [0.2, 0.25) is 0 Å². The van der Waals surface area contributed by atoms with Gasteiger partial charge in [0.15, 0.2) is 5.96 Å². The van der Waals surface area contributed by atoms with Crippen LogP contribution in [0.25, 0.3) is 0 Å². The van der Waals surface area contributed by atoms with Crippen molar-refractivity contribution in [2.24, 2.45) is 10.4 Å². The van der Waals surface area contributed by atoms with Gasteiger partial charge in [-0.1, -0.05) is 19.9 Å². The van der Waals surface area contributed by atoms with Crippen molar-refractivity contribution >= 4 is 45.6 Å². The average Bonchev–Trinajstić information content (AvgIpc) is 2.65. The quantitative estimate of drug-likeness (QED) is 0.294.